The van der Waals surface area contributed by atoms with Gasteiger partial charge in [-0.15, -0.1) is 0 Å². The fraction of sp³-hybridized carbons (Fsp3) is 0.143. The van der Waals surface area contributed by atoms with Crippen molar-refractivity contribution in [3.8, 4) is 67.0 Å². The van der Waals surface area contributed by atoms with Gasteiger partial charge in [-0.25, -0.2) is 0 Å². The molecule has 5 aliphatic rings. The van der Waals surface area contributed by atoms with Crippen molar-refractivity contribution in [3.05, 3.63) is 242 Å². The van der Waals surface area contributed by atoms with Crippen LogP contribution in [-0.4, -0.2) is 9.13 Å². The number of nitrogens with zero attached hydrogens (tertiary/aromatic N) is 2. The van der Waals surface area contributed by atoms with E-state index in [2.05, 4.69) is 240 Å². The summed E-state index contributed by atoms with van der Waals surface area (Å²) in [6, 6.07) is 86.9. The molecule has 12 aromatic rings. The SMILES string of the molecule is c1ccc(-n2c3ccccc3c3ccc(-c4ccc5c6ccccc6n(-c6ccc(-c7cccc(-c8cccc(-c9ccc%10c(c9)C9(c%11ccccc%11-%10)C%10CC%11CC(C%10)CC9C%11)c8)c7)cc6)c5c4)cc32)cc1. The minimum Gasteiger partial charge on any atom is -0.309 e. The van der Waals surface area contributed by atoms with Crippen molar-refractivity contribution >= 4 is 43.6 Å². The van der Waals surface area contributed by atoms with Crippen LogP contribution in [0.1, 0.15) is 43.2 Å². The molecule has 0 amide bonds. The molecule has 72 heavy (non-hydrogen) atoms. The maximum atomic E-state index is 2.62. The molecule has 4 fully saturated rings. The summed E-state index contributed by atoms with van der Waals surface area (Å²) >= 11 is 0. The second-order valence-corrected chi connectivity index (χ2v) is 21.7. The highest BCUT2D eigenvalue weighted by Crippen LogP contribution is 2.69. The van der Waals surface area contributed by atoms with E-state index >= 15 is 0 Å². The molecule has 10 aromatic carbocycles. The number of fused-ring (bicyclic) bond motifs is 9. The highest BCUT2D eigenvalue weighted by molar-refractivity contribution is 6.12. The largest absolute Gasteiger partial charge is 0.309 e. The standard InChI is InChI=1S/C70H52N2/c1-2-16-56(17-3-1)71-66-22-8-5-19-60(66)62-32-27-52(42-68(62)71)53-28-33-63-61-20-6-9-23-67(61)72(69(63)43-53)57-29-24-46(25-30-57)47-12-10-13-48(39-47)49-14-11-15-50(40-49)51-26-31-59-58-18-4-7-21-64(58)70(65(59)41-51)54-35-44-34-45(37-54)38-55(70)36-44/h1-33,39-45,54-55H,34-38H2. The van der Waals surface area contributed by atoms with Gasteiger partial charge in [0, 0.05) is 38.3 Å². The van der Waals surface area contributed by atoms with Crippen LogP contribution < -0.4 is 0 Å². The molecule has 2 aromatic heterocycles. The van der Waals surface area contributed by atoms with E-state index in [0.29, 0.717) is 0 Å². The number of rotatable bonds is 6. The zero-order valence-electron chi connectivity index (χ0n) is 40.2. The number of para-hydroxylation sites is 3. The summed E-state index contributed by atoms with van der Waals surface area (Å²) in [7, 11) is 0. The molecule has 0 radical (unpaired) electrons. The Morgan fingerprint density at radius 3 is 1.31 bits per heavy atom. The zero-order valence-corrected chi connectivity index (χ0v) is 40.2. The van der Waals surface area contributed by atoms with Crippen LogP contribution >= 0.6 is 0 Å². The van der Waals surface area contributed by atoms with Crippen molar-refractivity contribution in [1.29, 1.82) is 0 Å². The monoisotopic (exact) mass is 920 g/mol. The Morgan fingerprint density at radius 1 is 0.278 bits per heavy atom. The van der Waals surface area contributed by atoms with E-state index in [1.807, 2.05) is 0 Å². The van der Waals surface area contributed by atoms with Gasteiger partial charge in [-0.05, 0) is 189 Å². The minimum absolute atomic E-state index is 0.170. The van der Waals surface area contributed by atoms with Crippen LogP contribution in [0, 0.1) is 23.7 Å². The lowest BCUT2D eigenvalue weighted by Gasteiger charge is -2.61. The lowest BCUT2D eigenvalue weighted by Crippen LogP contribution is -2.55. The summed E-state index contributed by atoms with van der Waals surface area (Å²) in [5.41, 5.74) is 23.5. The van der Waals surface area contributed by atoms with E-state index in [1.54, 1.807) is 11.1 Å². The first-order chi connectivity index (χ1) is 35.6. The molecule has 2 heterocycles. The highest BCUT2D eigenvalue weighted by Gasteiger charge is 2.61. The Kier molecular flexibility index (Phi) is 8.67. The quantitative estimate of drug-likeness (QED) is 0.157. The molecule has 1 spiro atoms. The maximum Gasteiger partial charge on any atom is 0.0547 e. The van der Waals surface area contributed by atoms with E-state index in [9.17, 15) is 0 Å². The van der Waals surface area contributed by atoms with Gasteiger partial charge in [0.25, 0.3) is 0 Å². The van der Waals surface area contributed by atoms with E-state index < -0.39 is 0 Å². The van der Waals surface area contributed by atoms with Gasteiger partial charge in [0.2, 0.25) is 0 Å². The van der Waals surface area contributed by atoms with Gasteiger partial charge in [-0.1, -0.05) is 164 Å². The average Bonchev–Trinajstić information content (AvgIpc) is 4.06. The van der Waals surface area contributed by atoms with Crippen LogP contribution in [0.4, 0.5) is 0 Å². The summed E-state index contributed by atoms with van der Waals surface area (Å²) in [6.45, 7) is 0. The number of benzene rings is 10. The van der Waals surface area contributed by atoms with E-state index in [0.717, 1.165) is 29.4 Å². The molecule has 0 atom stereocenters. The third-order valence-corrected chi connectivity index (χ3v) is 18.1. The lowest BCUT2D eigenvalue weighted by molar-refractivity contribution is -0.0399. The Bertz CT molecular complexity index is 4140. The molecular weight excluding hydrogens is 869 g/mol. The van der Waals surface area contributed by atoms with Crippen molar-refractivity contribution in [2.45, 2.75) is 37.5 Å². The molecule has 342 valence electrons. The normalized spacial score (nSPS) is 20.6. The summed E-state index contributed by atoms with van der Waals surface area (Å²) in [5, 5.41) is 5.05. The molecule has 0 saturated heterocycles. The summed E-state index contributed by atoms with van der Waals surface area (Å²) in [5.74, 6) is 3.40. The molecule has 4 bridgehead atoms. The van der Waals surface area contributed by atoms with Crippen molar-refractivity contribution in [3.63, 3.8) is 0 Å². The Labute approximate surface area is 420 Å². The first-order valence-electron chi connectivity index (χ1n) is 26.3. The zero-order chi connectivity index (χ0) is 47.1. The van der Waals surface area contributed by atoms with Gasteiger partial charge in [-0.3, -0.25) is 0 Å². The van der Waals surface area contributed by atoms with Crippen molar-refractivity contribution in [2.75, 3.05) is 0 Å². The maximum absolute atomic E-state index is 2.62. The lowest BCUT2D eigenvalue weighted by atomic mass is 9.43. The van der Waals surface area contributed by atoms with Gasteiger partial charge in [0.1, 0.15) is 0 Å². The van der Waals surface area contributed by atoms with E-state index in [-0.39, 0.29) is 5.41 Å². The fourth-order valence-electron chi connectivity index (χ4n) is 15.3. The molecular formula is C70H52N2. The molecule has 0 N–H and O–H groups in total. The fourth-order valence-corrected chi connectivity index (χ4v) is 15.3. The predicted molar refractivity (Wildman–Crippen MR) is 300 cm³/mol. The summed E-state index contributed by atoms with van der Waals surface area (Å²) in [6.07, 6.45) is 7.10. The second kappa shape index (κ2) is 15.4. The van der Waals surface area contributed by atoms with Crippen molar-refractivity contribution in [2.24, 2.45) is 23.7 Å². The number of hydrogen-bond acceptors (Lipinski definition) is 0. The third-order valence-electron chi connectivity index (χ3n) is 18.1. The average molecular weight is 921 g/mol. The van der Waals surface area contributed by atoms with Crippen molar-refractivity contribution < 1.29 is 0 Å². The van der Waals surface area contributed by atoms with Crippen LogP contribution in [0.15, 0.2) is 231 Å². The number of hydrogen-bond donors (Lipinski definition) is 0. The van der Waals surface area contributed by atoms with Crippen molar-refractivity contribution in [1.82, 2.24) is 9.13 Å². The topological polar surface area (TPSA) is 9.86 Å². The Hall–Kier alpha value is -8.20. The molecule has 17 rings (SSSR count). The highest BCUT2D eigenvalue weighted by atomic mass is 15.0. The van der Waals surface area contributed by atoms with Crippen LogP contribution in [0.25, 0.3) is 111 Å². The molecule has 0 aliphatic heterocycles. The van der Waals surface area contributed by atoms with Crippen LogP contribution in [0.2, 0.25) is 0 Å². The third kappa shape index (κ3) is 5.84. The molecule has 2 heteroatoms. The van der Waals surface area contributed by atoms with Gasteiger partial charge in [0.15, 0.2) is 0 Å². The smallest absolute Gasteiger partial charge is 0.0547 e. The number of aromatic nitrogens is 2. The second-order valence-electron chi connectivity index (χ2n) is 21.7. The first kappa shape index (κ1) is 40.5. The van der Waals surface area contributed by atoms with Crippen LogP contribution in [0.3, 0.4) is 0 Å². The van der Waals surface area contributed by atoms with Crippen LogP contribution in [-0.2, 0) is 5.41 Å². The summed E-state index contributed by atoms with van der Waals surface area (Å²) in [4.78, 5) is 0. The molecule has 2 nitrogen and oxygen atoms in total. The van der Waals surface area contributed by atoms with Gasteiger partial charge in [0.05, 0.1) is 22.1 Å². The van der Waals surface area contributed by atoms with E-state index in [1.165, 1.54) is 137 Å². The molecule has 5 aliphatic carbocycles. The van der Waals surface area contributed by atoms with Gasteiger partial charge >= 0.3 is 0 Å². The van der Waals surface area contributed by atoms with Gasteiger partial charge < -0.3 is 9.13 Å². The summed E-state index contributed by atoms with van der Waals surface area (Å²) < 4.78 is 4.85. The Morgan fingerprint density at radius 2 is 0.708 bits per heavy atom. The Balaban J connectivity index is 0.739. The molecule has 4 saturated carbocycles. The first-order valence-corrected chi connectivity index (χ1v) is 26.3. The van der Waals surface area contributed by atoms with Crippen LogP contribution in [0.5, 0.6) is 0 Å². The minimum atomic E-state index is 0.170. The molecule has 0 unspecified atom stereocenters. The van der Waals surface area contributed by atoms with E-state index in [4.69, 9.17) is 0 Å². The predicted octanol–water partition coefficient (Wildman–Crippen LogP) is 18.3. The van der Waals surface area contributed by atoms with Gasteiger partial charge in [-0.2, -0.15) is 0 Å².